The minimum absolute atomic E-state index is 0.000781. The molecule has 2 N–H and O–H groups in total. The van der Waals surface area contributed by atoms with Crippen LogP contribution in [-0.2, 0) is 15.7 Å². The lowest BCUT2D eigenvalue weighted by molar-refractivity contribution is -0.139. The smallest absolute Gasteiger partial charge is 0.419 e. The molecular formula is C13H16F3NO3S. The highest BCUT2D eigenvalue weighted by atomic mass is 32.1. The Morgan fingerprint density at radius 3 is 2.43 bits per heavy atom. The molecule has 118 valence electrons. The highest BCUT2D eigenvalue weighted by molar-refractivity contribution is 7.80. The number of thiocarbonyl (C=S) groups is 1. The van der Waals surface area contributed by atoms with Crippen LogP contribution in [-0.4, -0.2) is 38.5 Å². The van der Waals surface area contributed by atoms with Crippen LogP contribution in [0.1, 0.15) is 11.1 Å². The molecule has 8 heteroatoms. The average molecular weight is 323 g/mol. The molecule has 0 saturated heterocycles. The average Bonchev–Trinajstić information content (AvgIpc) is 2.41. The molecule has 0 aliphatic carbocycles. The quantitative estimate of drug-likeness (QED) is 0.588. The van der Waals surface area contributed by atoms with Crippen LogP contribution in [0.4, 0.5) is 13.2 Å². The fraction of sp³-hybridized carbons (Fsp3) is 0.462. The molecular weight excluding hydrogens is 307 g/mol. The van der Waals surface area contributed by atoms with Crippen LogP contribution >= 0.6 is 12.2 Å². The van der Waals surface area contributed by atoms with Crippen molar-refractivity contribution >= 4 is 17.2 Å². The lowest BCUT2D eigenvalue weighted by atomic mass is 10.1. The molecule has 0 bridgehead atoms. The highest BCUT2D eigenvalue weighted by Crippen LogP contribution is 2.36. The molecule has 0 aromatic heterocycles. The van der Waals surface area contributed by atoms with Crippen LogP contribution in [0.3, 0.4) is 0 Å². The van der Waals surface area contributed by atoms with Gasteiger partial charge in [-0.15, -0.1) is 0 Å². The molecule has 0 radical (unpaired) electrons. The van der Waals surface area contributed by atoms with E-state index >= 15 is 0 Å². The van der Waals surface area contributed by atoms with Gasteiger partial charge in [0.15, 0.2) is 0 Å². The van der Waals surface area contributed by atoms with Crippen molar-refractivity contribution in [2.45, 2.75) is 6.18 Å². The molecule has 1 aromatic carbocycles. The van der Waals surface area contributed by atoms with Gasteiger partial charge in [-0.05, 0) is 18.2 Å². The zero-order valence-electron chi connectivity index (χ0n) is 11.4. The molecule has 0 aliphatic heterocycles. The second kappa shape index (κ2) is 8.16. The summed E-state index contributed by atoms with van der Waals surface area (Å²) in [6.07, 6.45) is -4.55. The number of ether oxygens (including phenoxy) is 3. The van der Waals surface area contributed by atoms with Gasteiger partial charge in [0.2, 0.25) is 0 Å². The summed E-state index contributed by atoms with van der Waals surface area (Å²) in [5, 5.41) is 0. The van der Waals surface area contributed by atoms with E-state index in [9.17, 15) is 13.2 Å². The van der Waals surface area contributed by atoms with E-state index in [2.05, 4.69) is 12.2 Å². The molecule has 1 aromatic rings. The van der Waals surface area contributed by atoms with Crippen molar-refractivity contribution in [1.82, 2.24) is 0 Å². The number of hydrogen-bond donors (Lipinski definition) is 1. The summed E-state index contributed by atoms with van der Waals surface area (Å²) in [5.41, 5.74) is 4.56. The fourth-order valence-corrected chi connectivity index (χ4v) is 1.61. The Hall–Kier alpha value is -1.38. The molecule has 0 saturated carbocycles. The van der Waals surface area contributed by atoms with Crippen LogP contribution in [0.15, 0.2) is 18.2 Å². The monoisotopic (exact) mass is 323 g/mol. The fourth-order valence-electron chi connectivity index (χ4n) is 1.49. The normalized spacial score (nSPS) is 11.4. The van der Waals surface area contributed by atoms with Gasteiger partial charge in [0.1, 0.15) is 17.3 Å². The lowest BCUT2D eigenvalue weighted by Gasteiger charge is -2.15. The Labute approximate surface area is 126 Å². The van der Waals surface area contributed by atoms with Crippen LogP contribution in [0.25, 0.3) is 0 Å². The minimum Gasteiger partial charge on any atom is -0.491 e. The molecule has 0 heterocycles. The second-order valence-corrected chi connectivity index (χ2v) is 4.47. The largest absolute Gasteiger partial charge is 0.491 e. The highest BCUT2D eigenvalue weighted by Gasteiger charge is 2.34. The standard InChI is InChI=1S/C13H16F3NO3S/c1-18-4-5-19-6-7-20-11-3-2-9(12(17)21)8-10(11)13(14,15)16/h2-3,8H,4-7H2,1H3,(H2,17,21). The maximum absolute atomic E-state index is 13.0. The van der Waals surface area contributed by atoms with Crippen molar-refractivity contribution in [2.24, 2.45) is 5.73 Å². The Morgan fingerprint density at radius 2 is 1.86 bits per heavy atom. The van der Waals surface area contributed by atoms with Crippen LogP contribution in [0.2, 0.25) is 0 Å². The zero-order valence-corrected chi connectivity index (χ0v) is 12.2. The molecule has 0 aliphatic rings. The molecule has 0 unspecified atom stereocenters. The van der Waals surface area contributed by atoms with Crippen molar-refractivity contribution in [3.63, 3.8) is 0 Å². The SMILES string of the molecule is COCCOCCOc1ccc(C(N)=S)cc1C(F)(F)F. The molecule has 4 nitrogen and oxygen atoms in total. The molecule has 0 spiro atoms. The van der Waals surface area contributed by atoms with Crippen molar-refractivity contribution < 1.29 is 27.4 Å². The van der Waals surface area contributed by atoms with Crippen LogP contribution in [0, 0.1) is 0 Å². The molecule has 1 rings (SSSR count). The summed E-state index contributed by atoms with van der Waals surface area (Å²) in [5.74, 6) is -0.280. The molecule has 0 atom stereocenters. The van der Waals surface area contributed by atoms with Gasteiger partial charge in [0.25, 0.3) is 0 Å². The van der Waals surface area contributed by atoms with Crippen LogP contribution < -0.4 is 10.5 Å². The van der Waals surface area contributed by atoms with E-state index < -0.39 is 11.7 Å². The summed E-state index contributed by atoms with van der Waals surface area (Å²) in [4.78, 5) is -0.102. The van der Waals surface area contributed by atoms with E-state index in [-0.39, 0.29) is 29.5 Å². The predicted molar refractivity (Wildman–Crippen MR) is 75.5 cm³/mol. The number of halogens is 3. The minimum atomic E-state index is -4.55. The Balaban J connectivity index is 2.70. The Morgan fingerprint density at radius 1 is 1.19 bits per heavy atom. The summed E-state index contributed by atoms with van der Waals surface area (Å²) in [6, 6.07) is 3.47. The Bertz CT molecular complexity index is 480. The van der Waals surface area contributed by atoms with Gasteiger partial charge in [-0.3, -0.25) is 0 Å². The molecule has 0 amide bonds. The van der Waals surface area contributed by atoms with E-state index in [1.165, 1.54) is 19.2 Å². The topological polar surface area (TPSA) is 53.7 Å². The number of methoxy groups -OCH3 is 1. The number of hydrogen-bond acceptors (Lipinski definition) is 4. The van der Waals surface area contributed by atoms with E-state index in [0.717, 1.165) is 6.07 Å². The third kappa shape index (κ3) is 5.86. The third-order valence-corrected chi connectivity index (χ3v) is 2.72. The van der Waals surface area contributed by atoms with Gasteiger partial charge in [-0.2, -0.15) is 13.2 Å². The van der Waals surface area contributed by atoms with Gasteiger partial charge in [0, 0.05) is 12.7 Å². The van der Waals surface area contributed by atoms with Gasteiger partial charge < -0.3 is 19.9 Å². The van der Waals surface area contributed by atoms with Crippen molar-refractivity contribution in [1.29, 1.82) is 0 Å². The predicted octanol–water partition coefficient (Wildman–Crippen LogP) is 2.38. The van der Waals surface area contributed by atoms with Gasteiger partial charge >= 0.3 is 6.18 Å². The summed E-state index contributed by atoms with van der Waals surface area (Å²) in [6.45, 7) is 0.930. The van der Waals surface area contributed by atoms with Crippen LogP contribution in [0.5, 0.6) is 5.75 Å². The van der Waals surface area contributed by atoms with Crippen molar-refractivity contribution in [3.05, 3.63) is 29.3 Å². The van der Waals surface area contributed by atoms with E-state index in [1.54, 1.807) is 0 Å². The number of benzene rings is 1. The van der Waals surface area contributed by atoms with E-state index in [0.29, 0.717) is 13.2 Å². The first-order chi connectivity index (χ1) is 9.86. The second-order valence-electron chi connectivity index (χ2n) is 4.03. The number of rotatable bonds is 8. The molecule has 21 heavy (non-hydrogen) atoms. The molecule has 0 fully saturated rings. The maximum atomic E-state index is 13.0. The van der Waals surface area contributed by atoms with Gasteiger partial charge in [0.05, 0.1) is 25.4 Å². The van der Waals surface area contributed by atoms with E-state index in [4.69, 9.17) is 19.9 Å². The third-order valence-electron chi connectivity index (χ3n) is 2.49. The summed E-state index contributed by atoms with van der Waals surface area (Å²) in [7, 11) is 1.53. The number of alkyl halides is 3. The van der Waals surface area contributed by atoms with Gasteiger partial charge in [-0.25, -0.2) is 0 Å². The Kier molecular flexibility index (Phi) is 6.86. The summed E-state index contributed by atoms with van der Waals surface area (Å²) < 4.78 is 53.9. The maximum Gasteiger partial charge on any atom is 0.419 e. The first-order valence-electron chi connectivity index (χ1n) is 6.06. The number of nitrogens with two attached hydrogens (primary N) is 1. The van der Waals surface area contributed by atoms with Gasteiger partial charge in [-0.1, -0.05) is 12.2 Å². The first kappa shape index (κ1) is 17.7. The van der Waals surface area contributed by atoms with Crippen molar-refractivity contribution in [3.8, 4) is 5.75 Å². The summed E-state index contributed by atoms with van der Waals surface area (Å²) >= 11 is 4.67. The van der Waals surface area contributed by atoms with Crippen molar-refractivity contribution in [2.75, 3.05) is 33.5 Å². The first-order valence-corrected chi connectivity index (χ1v) is 6.47. The zero-order chi connectivity index (χ0) is 15.9. The lowest BCUT2D eigenvalue weighted by Crippen LogP contribution is -2.16. The van der Waals surface area contributed by atoms with E-state index in [1.807, 2.05) is 0 Å².